The molecule has 0 fully saturated rings. The Bertz CT molecular complexity index is 492. The number of nitrogens with one attached hydrogen (secondary N) is 3. The minimum absolute atomic E-state index is 0.0239. The van der Waals surface area contributed by atoms with Gasteiger partial charge in [0.05, 0.1) is 11.3 Å². The molecule has 1 aromatic rings. The Kier molecular flexibility index (Phi) is 8.62. The van der Waals surface area contributed by atoms with E-state index < -0.39 is 0 Å². The highest BCUT2D eigenvalue weighted by Gasteiger charge is 2.12. The Balaban J connectivity index is 2.57. The van der Waals surface area contributed by atoms with E-state index in [1.54, 1.807) is 6.07 Å². The van der Waals surface area contributed by atoms with E-state index in [9.17, 15) is 9.59 Å². The number of rotatable bonds is 9. The average Bonchev–Trinajstić information content (AvgIpc) is 2.49. The molecule has 5 nitrogen and oxygen atoms in total. The van der Waals surface area contributed by atoms with Crippen molar-refractivity contribution in [3.05, 3.63) is 29.8 Å². The number of carbonyl (C=O) groups is 2. The van der Waals surface area contributed by atoms with Gasteiger partial charge >= 0.3 is 0 Å². The maximum absolute atomic E-state index is 12.2. The molecule has 0 aromatic heterocycles. The molecular formula is C16H25N3O2S. The lowest BCUT2D eigenvalue weighted by Gasteiger charge is -2.11. The fraction of sp³-hybridized carbons (Fsp3) is 0.500. The Labute approximate surface area is 136 Å². The molecule has 0 radical (unpaired) electrons. The summed E-state index contributed by atoms with van der Waals surface area (Å²) in [6.45, 7) is 5.35. The highest BCUT2D eigenvalue weighted by Crippen LogP contribution is 2.22. The molecule has 1 rings (SSSR count). The highest BCUT2D eigenvalue weighted by atomic mass is 32.2. The molecule has 122 valence electrons. The number of hydrogen-bond acceptors (Lipinski definition) is 4. The Morgan fingerprint density at radius 1 is 1.18 bits per heavy atom. The molecular weight excluding hydrogens is 298 g/mol. The zero-order valence-electron chi connectivity index (χ0n) is 13.4. The molecule has 6 heteroatoms. The van der Waals surface area contributed by atoms with Crippen molar-refractivity contribution in [3.63, 3.8) is 0 Å². The van der Waals surface area contributed by atoms with Crippen LogP contribution in [0.4, 0.5) is 0 Å². The Morgan fingerprint density at radius 2 is 1.91 bits per heavy atom. The Morgan fingerprint density at radius 3 is 2.59 bits per heavy atom. The molecule has 22 heavy (non-hydrogen) atoms. The van der Waals surface area contributed by atoms with E-state index in [1.807, 2.05) is 39.1 Å². The van der Waals surface area contributed by atoms with Crippen LogP contribution in [0.3, 0.4) is 0 Å². The van der Waals surface area contributed by atoms with Gasteiger partial charge in [-0.2, -0.15) is 0 Å². The van der Waals surface area contributed by atoms with Gasteiger partial charge in [-0.25, -0.2) is 0 Å². The van der Waals surface area contributed by atoms with Crippen molar-refractivity contribution in [2.75, 3.05) is 25.9 Å². The molecule has 2 amide bonds. The summed E-state index contributed by atoms with van der Waals surface area (Å²) in [6, 6.07) is 7.49. The number of benzene rings is 1. The summed E-state index contributed by atoms with van der Waals surface area (Å²) in [5, 5.41) is 8.78. The van der Waals surface area contributed by atoms with E-state index in [0.29, 0.717) is 17.9 Å². The second kappa shape index (κ2) is 10.2. The van der Waals surface area contributed by atoms with Crippen LogP contribution >= 0.6 is 11.8 Å². The minimum atomic E-state index is -0.0940. The van der Waals surface area contributed by atoms with Crippen molar-refractivity contribution < 1.29 is 9.59 Å². The molecule has 0 atom stereocenters. The normalized spacial score (nSPS) is 10.5. The maximum Gasteiger partial charge on any atom is 0.252 e. The van der Waals surface area contributed by atoms with Gasteiger partial charge in [0.15, 0.2) is 0 Å². The third-order valence-corrected chi connectivity index (χ3v) is 3.90. The fourth-order valence-electron chi connectivity index (χ4n) is 1.85. The summed E-state index contributed by atoms with van der Waals surface area (Å²) in [5.41, 5.74) is 0.620. The molecule has 0 aliphatic carbocycles. The molecule has 0 spiro atoms. The van der Waals surface area contributed by atoms with Crippen LogP contribution in [0, 0.1) is 0 Å². The zero-order valence-corrected chi connectivity index (χ0v) is 14.3. The van der Waals surface area contributed by atoms with Crippen LogP contribution in [0.15, 0.2) is 29.2 Å². The van der Waals surface area contributed by atoms with E-state index in [4.69, 9.17) is 0 Å². The van der Waals surface area contributed by atoms with Gasteiger partial charge < -0.3 is 16.0 Å². The van der Waals surface area contributed by atoms with Crippen LogP contribution < -0.4 is 16.0 Å². The lowest BCUT2D eigenvalue weighted by Crippen LogP contribution is -2.31. The van der Waals surface area contributed by atoms with Crippen molar-refractivity contribution in [2.24, 2.45) is 0 Å². The van der Waals surface area contributed by atoms with Gasteiger partial charge in [0.1, 0.15) is 0 Å². The van der Waals surface area contributed by atoms with Gasteiger partial charge in [-0.1, -0.05) is 12.1 Å². The predicted octanol–water partition coefficient (Wildman–Crippen LogP) is 1.64. The van der Waals surface area contributed by atoms with E-state index >= 15 is 0 Å². The largest absolute Gasteiger partial charge is 0.353 e. The lowest BCUT2D eigenvalue weighted by molar-refractivity contribution is -0.119. The number of amides is 2. The molecule has 0 saturated carbocycles. The van der Waals surface area contributed by atoms with Crippen LogP contribution in [-0.2, 0) is 4.79 Å². The molecule has 0 heterocycles. The van der Waals surface area contributed by atoms with Gasteiger partial charge in [-0.15, -0.1) is 11.8 Å². The second-order valence-electron chi connectivity index (χ2n) is 5.22. The first kappa shape index (κ1) is 18.5. The molecule has 0 bridgehead atoms. The van der Waals surface area contributed by atoms with Gasteiger partial charge in [0.25, 0.3) is 5.91 Å². The average molecular weight is 323 g/mol. The molecule has 3 N–H and O–H groups in total. The van der Waals surface area contributed by atoms with Gasteiger partial charge in [-0.3, -0.25) is 9.59 Å². The molecule has 1 aromatic carbocycles. The third kappa shape index (κ3) is 6.95. The smallest absolute Gasteiger partial charge is 0.252 e. The summed E-state index contributed by atoms with van der Waals surface area (Å²) in [7, 11) is 1.88. The third-order valence-electron chi connectivity index (χ3n) is 2.83. The monoisotopic (exact) mass is 323 g/mol. The zero-order chi connectivity index (χ0) is 16.4. The lowest BCUT2D eigenvalue weighted by atomic mass is 10.2. The number of thioether (sulfide) groups is 1. The van der Waals surface area contributed by atoms with Crippen molar-refractivity contribution in [1.29, 1.82) is 0 Å². The van der Waals surface area contributed by atoms with Gasteiger partial charge in [0.2, 0.25) is 5.91 Å². The maximum atomic E-state index is 12.2. The summed E-state index contributed by atoms with van der Waals surface area (Å²) in [6.07, 6.45) is 0.883. The van der Waals surface area contributed by atoms with Gasteiger partial charge in [0, 0.05) is 17.5 Å². The topological polar surface area (TPSA) is 70.2 Å². The highest BCUT2D eigenvalue weighted by molar-refractivity contribution is 8.00. The van der Waals surface area contributed by atoms with E-state index in [1.165, 1.54) is 11.8 Å². The van der Waals surface area contributed by atoms with E-state index in [-0.39, 0.29) is 17.9 Å². The summed E-state index contributed by atoms with van der Waals surface area (Å²) >= 11 is 1.38. The first-order valence-corrected chi connectivity index (χ1v) is 8.47. The quantitative estimate of drug-likeness (QED) is 0.477. The molecule has 0 aliphatic rings. The standard InChI is InChI=1S/C16H25N3O2S/c1-12(2)19-15(20)11-22-14-8-5-4-7-13(14)16(21)18-10-6-9-17-3/h4-5,7-8,12,17H,6,9-11H2,1-3H3,(H,18,21)(H,19,20). The van der Waals surface area contributed by atoms with E-state index in [2.05, 4.69) is 16.0 Å². The minimum Gasteiger partial charge on any atom is -0.353 e. The SMILES string of the molecule is CNCCCNC(=O)c1ccccc1SCC(=O)NC(C)C. The van der Waals surface area contributed by atoms with Crippen LogP contribution in [-0.4, -0.2) is 43.7 Å². The summed E-state index contributed by atoms with van der Waals surface area (Å²) < 4.78 is 0. The molecule has 0 unspecified atom stereocenters. The van der Waals surface area contributed by atoms with Crippen molar-refractivity contribution in [1.82, 2.24) is 16.0 Å². The van der Waals surface area contributed by atoms with E-state index in [0.717, 1.165) is 17.9 Å². The molecule has 0 saturated heterocycles. The van der Waals surface area contributed by atoms with Crippen LogP contribution in [0.25, 0.3) is 0 Å². The molecule has 0 aliphatic heterocycles. The summed E-state index contributed by atoms with van der Waals surface area (Å²) in [4.78, 5) is 24.7. The Hall–Kier alpha value is -1.53. The number of carbonyl (C=O) groups excluding carboxylic acids is 2. The van der Waals surface area contributed by atoms with Crippen LogP contribution in [0.1, 0.15) is 30.6 Å². The van der Waals surface area contributed by atoms with Crippen molar-refractivity contribution in [3.8, 4) is 0 Å². The van der Waals surface area contributed by atoms with Gasteiger partial charge in [-0.05, 0) is 46.0 Å². The van der Waals surface area contributed by atoms with Crippen molar-refractivity contribution >= 4 is 23.6 Å². The van der Waals surface area contributed by atoms with Crippen LogP contribution in [0.5, 0.6) is 0 Å². The second-order valence-corrected chi connectivity index (χ2v) is 6.24. The first-order chi connectivity index (χ1) is 10.5. The van der Waals surface area contributed by atoms with Crippen LogP contribution in [0.2, 0.25) is 0 Å². The summed E-state index contributed by atoms with van der Waals surface area (Å²) in [5.74, 6) is 0.190. The first-order valence-electron chi connectivity index (χ1n) is 7.48. The number of hydrogen-bond donors (Lipinski definition) is 3. The fourth-order valence-corrected chi connectivity index (χ4v) is 2.71. The predicted molar refractivity (Wildman–Crippen MR) is 91.3 cm³/mol. The van der Waals surface area contributed by atoms with Crippen molar-refractivity contribution in [2.45, 2.75) is 31.2 Å².